The van der Waals surface area contributed by atoms with Gasteiger partial charge >= 0.3 is 0 Å². The Labute approximate surface area is 82.0 Å². The van der Waals surface area contributed by atoms with E-state index in [9.17, 15) is 0 Å². The third-order valence-electron chi connectivity index (χ3n) is 1.77. The summed E-state index contributed by atoms with van der Waals surface area (Å²) >= 11 is 6.01. The highest BCUT2D eigenvalue weighted by molar-refractivity contribution is 6.33. The van der Waals surface area contributed by atoms with Gasteiger partial charge in [0.25, 0.3) is 0 Å². The molecule has 0 unspecified atom stereocenters. The summed E-state index contributed by atoms with van der Waals surface area (Å²) in [5.74, 6) is 0. The van der Waals surface area contributed by atoms with Gasteiger partial charge in [0.2, 0.25) is 0 Å². The minimum absolute atomic E-state index is 0.728. The fourth-order valence-electron chi connectivity index (χ4n) is 1.16. The summed E-state index contributed by atoms with van der Waals surface area (Å²) in [6.07, 6.45) is 4.59. The molecule has 1 radical (unpaired) electrons. The van der Waals surface area contributed by atoms with Crippen molar-refractivity contribution in [2.45, 2.75) is 0 Å². The van der Waals surface area contributed by atoms with Crippen molar-refractivity contribution >= 4 is 11.6 Å². The number of hydrogen-bond acceptors (Lipinski definition) is 1. The highest BCUT2D eigenvalue weighted by atomic mass is 35.5. The highest BCUT2D eigenvalue weighted by Gasteiger charge is 2.00. The van der Waals surface area contributed by atoms with Crippen LogP contribution in [0, 0.1) is 6.20 Å². The predicted molar refractivity (Wildman–Crippen MR) is 53.5 cm³/mol. The number of aromatic nitrogens is 1. The first-order valence-electron chi connectivity index (χ1n) is 3.95. The normalized spacial score (nSPS) is 9.92. The van der Waals surface area contributed by atoms with Gasteiger partial charge < -0.3 is 0 Å². The Morgan fingerprint density at radius 2 is 1.92 bits per heavy atom. The summed E-state index contributed by atoms with van der Waals surface area (Å²) in [4.78, 5) is 3.92. The van der Waals surface area contributed by atoms with Gasteiger partial charge in [-0.25, -0.2) is 0 Å². The molecule has 0 spiro atoms. The molecular weight excluding hydrogens is 182 g/mol. The van der Waals surface area contributed by atoms with E-state index in [1.807, 2.05) is 36.4 Å². The minimum Gasteiger partial charge on any atom is -0.254 e. The summed E-state index contributed by atoms with van der Waals surface area (Å²) in [5.41, 5.74) is 1.89. The van der Waals surface area contributed by atoms with Crippen LogP contribution in [-0.2, 0) is 0 Å². The first kappa shape index (κ1) is 8.27. The molecule has 1 aromatic heterocycles. The van der Waals surface area contributed by atoms with E-state index in [0.29, 0.717) is 0 Å². The van der Waals surface area contributed by atoms with Crippen molar-refractivity contribution in [3.8, 4) is 11.1 Å². The van der Waals surface area contributed by atoms with Crippen LogP contribution in [0.15, 0.2) is 42.6 Å². The van der Waals surface area contributed by atoms with Crippen LogP contribution in [-0.4, -0.2) is 4.98 Å². The molecule has 0 aliphatic carbocycles. The molecule has 0 fully saturated rings. The van der Waals surface area contributed by atoms with E-state index in [4.69, 9.17) is 11.6 Å². The van der Waals surface area contributed by atoms with Gasteiger partial charge in [-0.3, -0.25) is 4.98 Å². The average Bonchev–Trinajstić information content (AvgIpc) is 2.20. The molecule has 0 aliphatic heterocycles. The molecule has 2 aromatic rings. The van der Waals surface area contributed by atoms with Gasteiger partial charge in [0.15, 0.2) is 0 Å². The lowest BCUT2D eigenvalue weighted by molar-refractivity contribution is 1.31. The zero-order valence-corrected chi connectivity index (χ0v) is 7.62. The van der Waals surface area contributed by atoms with Crippen LogP contribution in [0.1, 0.15) is 0 Å². The van der Waals surface area contributed by atoms with Crippen molar-refractivity contribution in [2.24, 2.45) is 0 Å². The summed E-state index contributed by atoms with van der Waals surface area (Å²) in [5, 5.41) is 0.728. The molecule has 13 heavy (non-hydrogen) atoms. The van der Waals surface area contributed by atoms with E-state index in [0.717, 1.165) is 16.1 Å². The number of pyridine rings is 1. The number of halogens is 1. The molecule has 1 aromatic carbocycles. The van der Waals surface area contributed by atoms with Gasteiger partial charge in [-0.1, -0.05) is 35.9 Å². The quantitative estimate of drug-likeness (QED) is 0.670. The average molecular weight is 189 g/mol. The molecule has 2 heteroatoms. The van der Waals surface area contributed by atoms with Crippen molar-refractivity contribution in [3.63, 3.8) is 0 Å². The van der Waals surface area contributed by atoms with Gasteiger partial charge in [-0.2, -0.15) is 0 Å². The number of benzene rings is 1. The van der Waals surface area contributed by atoms with Crippen LogP contribution in [0.3, 0.4) is 0 Å². The topological polar surface area (TPSA) is 12.9 Å². The Morgan fingerprint density at radius 3 is 2.62 bits per heavy atom. The third-order valence-corrected chi connectivity index (χ3v) is 2.10. The molecule has 0 atom stereocenters. The Kier molecular flexibility index (Phi) is 2.28. The third kappa shape index (κ3) is 1.70. The number of rotatable bonds is 1. The molecule has 2 rings (SSSR count). The number of hydrogen-bond donors (Lipinski definition) is 0. The summed E-state index contributed by atoms with van der Waals surface area (Å²) < 4.78 is 0. The fourth-order valence-corrected chi connectivity index (χ4v) is 1.39. The second kappa shape index (κ2) is 3.58. The van der Waals surface area contributed by atoms with Crippen molar-refractivity contribution in [3.05, 3.63) is 53.8 Å². The van der Waals surface area contributed by atoms with Crippen molar-refractivity contribution in [2.75, 3.05) is 0 Å². The van der Waals surface area contributed by atoms with Gasteiger partial charge in [0, 0.05) is 22.3 Å². The van der Waals surface area contributed by atoms with E-state index in [1.165, 1.54) is 0 Å². The van der Waals surface area contributed by atoms with E-state index < -0.39 is 0 Å². The predicted octanol–water partition coefficient (Wildman–Crippen LogP) is 3.20. The van der Waals surface area contributed by atoms with E-state index in [-0.39, 0.29) is 0 Å². The van der Waals surface area contributed by atoms with Crippen LogP contribution < -0.4 is 0 Å². The van der Waals surface area contributed by atoms with Crippen LogP contribution in [0.2, 0.25) is 5.02 Å². The molecule has 0 saturated carbocycles. The van der Waals surface area contributed by atoms with Crippen molar-refractivity contribution in [1.82, 2.24) is 4.98 Å². The number of nitrogens with zero attached hydrogens (tertiary/aromatic N) is 1. The van der Waals surface area contributed by atoms with Crippen LogP contribution in [0.5, 0.6) is 0 Å². The zero-order chi connectivity index (χ0) is 9.10. The zero-order valence-electron chi connectivity index (χ0n) is 6.87. The van der Waals surface area contributed by atoms with Crippen molar-refractivity contribution in [1.29, 1.82) is 0 Å². The lowest BCUT2D eigenvalue weighted by atomic mass is 10.1. The van der Waals surface area contributed by atoms with Gasteiger partial charge in [-0.05, 0) is 12.1 Å². The highest BCUT2D eigenvalue weighted by Crippen LogP contribution is 2.25. The Hall–Kier alpha value is -1.34. The van der Waals surface area contributed by atoms with E-state index in [1.54, 1.807) is 6.20 Å². The van der Waals surface area contributed by atoms with Crippen molar-refractivity contribution < 1.29 is 0 Å². The van der Waals surface area contributed by atoms with E-state index in [2.05, 4.69) is 11.2 Å². The lowest BCUT2D eigenvalue weighted by Gasteiger charge is -2.01. The molecule has 1 nitrogen and oxygen atoms in total. The smallest absolute Gasteiger partial charge is 0.0971 e. The first-order valence-corrected chi connectivity index (χ1v) is 4.33. The maximum atomic E-state index is 6.01. The minimum atomic E-state index is 0.728. The maximum Gasteiger partial charge on any atom is 0.0971 e. The standard InChI is InChI=1S/C11H7ClN/c12-11-6-2-1-5-10(11)9-4-3-7-13-8-9/h1-7H. The van der Waals surface area contributed by atoms with Crippen LogP contribution in [0.4, 0.5) is 0 Å². The molecular formula is C11H7ClN. The Morgan fingerprint density at radius 1 is 1.08 bits per heavy atom. The molecule has 0 saturated heterocycles. The second-order valence-electron chi connectivity index (χ2n) is 2.64. The molecule has 63 valence electrons. The maximum absolute atomic E-state index is 6.01. The lowest BCUT2D eigenvalue weighted by Crippen LogP contribution is -1.80. The molecule has 0 bridgehead atoms. The largest absolute Gasteiger partial charge is 0.254 e. The SMILES string of the molecule is Clc1ccccc1-c1[c]nccc1. The molecule has 1 heterocycles. The monoisotopic (exact) mass is 188 g/mol. The Balaban J connectivity index is 2.54. The molecule has 0 N–H and O–H groups in total. The van der Waals surface area contributed by atoms with Crippen LogP contribution in [0.25, 0.3) is 11.1 Å². The Bertz CT molecular complexity index is 398. The summed E-state index contributed by atoms with van der Waals surface area (Å²) in [6.45, 7) is 0. The fraction of sp³-hybridized carbons (Fsp3) is 0. The van der Waals surface area contributed by atoms with Crippen LogP contribution >= 0.6 is 11.6 Å². The van der Waals surface area contributed by atoms with Gasteiger partial charge in [0.1, 0.15) is 0 Å². The second-order valence-corrected chi connectivity index (χ2v) is 3.05. The first-order chi connectivity index (χ1) is 6.38. The van der Waals surface area contributed by atoms with Gasteiger partial charge in [0.05, 0.1) is 6.20 Å². The summed E-state index contributed by atoms with van der Waals surface area (Å²) in [6, 6.07) is 11.5. The summed E-state index contributed by atoms with van der Waals surface area (Å²) in [7, 11) is 0. The van der Waals surface area contributed by atoms with Gasteiger partial charge in [-0.15, -0.1) is 0 Å². The van der Waals surface area contributed by atoms with E-state index >= 15 is 0 Å². The molecule has 0 amide bonds. The molecule has 0 aliphatic rings.